The van der Waals surface area contributed by atoms with Gasteiger partial charge in [-0.1, -0.05) is 24.3 Å². The third-order valence-electron chi connectivity index (χ3n) is 3.61. The van der Waals surface area contributed by atoms with Gasteiger partial charge in [-0.2, -0.15) is 0 Å². The third kappa shape index (κ3) is 1.95. The van der Waals surface area contributed by atoms with Gasteiger partial charge in [-0.25, -0.2) is 0 Å². The summed E-state index contributed by atoms with van der Waals surface area (Å²) in [6, 6.07) is 15.0. The Bertz CT molecular complexity index is 771. The van der Waals surface area contributed by atoms with E-state index in [9.17, 15) is 4.79 Å². The van der Waals surface area contributed by atoms with Crippen LogP contribution in [0.1, 0.15) is 25.5 Å². The zero-order chi connectivity index (χ0) is 14.1. The van der Waals surface area contributed by atoms with Gasteiger partial charge in [0.2, 0.25) is 0 Å². The highest BCUT2D eigenvalue weighted by Gasteiger charge is 2.12. The van der Waals surface area contributed by atoms with Crippen LogP contribution in [0.15, 0.2) is 42.5 Å². The van der Waals surface area contributed by atoms with E-state index in [4.69, 9.17) is 4.74 Å². The molecule has 2 aromatic carbocycles. The van der Waals surface area contributed by atoms with Gasteiger partial charge in [0, 0.05) is 27.8 Å². The molecule has 3 aromatic rings. The Labute approximate surface area is 117 Å². The van der Waals surface area contributed by atoms with Gasteiger partial charge in [0.05, 0.1) is 0 Å². The van der Waals surface area contributed by atoms with Gasteiger partial charge in [0.1, 0.15) is 6.61 Å². The van der Waals surface area contributed by atoms with Crippen molar-refractivity contribution in [1.29, 1.82) is 0 Å². The van der Waals surface area contributed by atoms with Gasteiger partial charge in [-0.15, -0.1) is 0 Å². The molecule has 0 N–H and O–H groups in total. The molecule has 0 spiro atoms. The van der Waals surface area contributed by atoms with Crippen LogP contribution in [0.2, 0.25) is 0 Å². The fourth-order valence-corrected chi connectivity index (χ4v) is 2.83. The third-order valence-corrected chi connectivity index (χ3v) is 3.61. The summed E-state index contributed by atoms with van der Waals surface area (Å²) in [7, 11) is 0. The van der Waals surface area contributed by atoms with Crippen LogP contribution >= 0.6 is 0 Å². The fourth-order valence-electron chi connectivity index (χ4n) is 2.83. The molecule has 0 saturated carbocycles. The Morgan fingerprint density at radius 2 is 1.85 bits per heavy atom. The number of para-hydroxylation sites is 1. The molecule has 0 bridgehead atoms. The molecule has 3 nitrogen and oxygen atoms in total. The molecule has 0 aliphatic rings. The molecular weight excluding hydrogens is 250 g/mol. The van der Waals surface area contributed by atoms with Gasteiger partial charge in [0.25, 0.3) is 6.47 Å². The van der Waals surface area contributed by atoms with Crippen LogP contribution in [0.4, 0.5) is 0 Å². The van der Waals surface area contributed by atoms with E-state index >= 15 is 0 Å². The monoisotopic (exact) mass is 267 g/mol. The lowest BCUT2D eigenvalue weighted by Gasteiger charge is -2.11. The van der Waals surface area contributed by atoms with Crippen LogP contribution in [0.25, 0.3) is 21.8 Å². The predicted octanol–water partition coefficient (Wildman–Crippen LogP) is 4.05. The molecule has 1 aromatic heterocycles. The lowest BCUT2D eigenvalue weighted by atomic mass is 10.1. The summed E-state index contributed by atoms with van der Waals surface area (Å²) in [5.74, 6) is 0. The maximum atomic E-state index is 10.3. The normalized spacial score (nSPS) is 11.3. The smallest absolute Gasteiger partial charge is 0.293 e. The average molecular weight is 267 g/mol. The first-order valence-corrected chi connectivity index (χ1v) is 6.79. The van der Waals surface area contributed by atoms with Crippen LogP contribution in [0.5, 0.6) is 0 Å². The molecule has 102 valence electrons. The van der Waals surface area contributed by atoms with Crippen LogP contribution in [0, 0.1) is 0 Å². The topological polar surface area (TPSA) is 31.2 Å². The van der Waals surface area contributed by atoms with Crippen molar-refractivity contribution in [2.75, 3.05) is 0 Å². The van der Waals surface area contributed by atoms with Crippen LogP contribution in [0.3, 0.4) is 0 Å². The number of fused-ring (bicyclic) bond motifs is 3. The summed E-state index contributed by atoms with van der Waals surface area (Å²) in [6.45, 7) is 5.19. The van der Waals surface area contributed by atoms with Crippen molar-refractivity contribution in [3.63, 3.8) is 0 Å². The first-order valence-electron chi connectivity index (χ1n) is 6.79. The zero-order valence-electron chi connectivity index (χ0n) is 11.7. The molecule has 0 atom stereocenters. The summed E-state index contributed by atoms with van der Waals surface area (Å²) in [6.07, 6.45) is 0. The first-order chi connectivity index (χ1) is 9.72. The molecule has 0 saturated heterocycles. The lowest BCUT2D eigenvalue weighted by molar-refractivity contribution is -0.129. The Balaban J connectivity index is 2.29. The summed E-state index contributed by atoms with van der Waals surface area (Å²) in [5.41, 5.74) is 3.47. The summed E-state index contributed by atoms with van der Waals surface area (Å²) < 4.78 is 7.19. The molecule has 0 aliphatic carbocycles. The summed E-state index contributed by atoms with van der Waals surface area (Å²) >= 11 is 0. The average Bonchev–Trinajstić information content (AvgIpc) is 2.79. The Kier molecular flexibility index (Phi) is 3.18. The number of carbonyl (C=O) groups is 1. The van der Waals surface area contributed by atoms with Crippen molar-refractivity contribution in [2.24, 2.45) is 0 Å². The molecule has 20 heavy (non-hydrogen) atoms. The minimum absolute atomic E-state index is 0.320. The number of ether oxygens (including phenoxy) is 1. The van der Waals surface area contributed by atoms with E-state index in [2.05, 4.69) is 54.8 Å². The maximum Gasteiger partial charge on any atom is 0.293 e. The molecule has 0 radical (unpaired) electrons. The van der Waals surface area contributed by atoms with Gasteiger partial charge in [-0.05, 0) is 37.6 Å². The molecule has 0 aliphatic heterocycles. The molecule has 0 unspecified atom stereocenters. The zero-order valence-corrected chi connectivity index (χ0v) is 11.7. The van der Waals surface area contributed by atoms with Crippen molar-refractivity contribution < 1.29 is 9.53 Å². The van der Waals surface area contributed by atoms with Crippen molar-refractivity contribution in [2.45, 2.75) is 26.5 Å². The van der Waals surface area contributed by atoms with E-state index < -0.39 is 0 Å². The molecular formula is C17H17NO2. The quantitative estimate of drug-likeness (QED) is 0.668. The van der Waals surface area contributed by atoms with E-state index in [-0.39, 0.29) is 0 Å². The van der Waals surface area contributed by atoms with Crippen LogP contribution in [-0.4, -0.2) is 11.0 Å². The molecule has 1 heterocycles. The summed E-state index contributed by atoms with van der Waals surface area (Å²) in [5, 5.41) is 2.45. The second-order valence-corrected chi connectivity index (χ2v) is 5.24. The second-order valence-electron chi connectivity index (χ2n) is 5.24. The lowest BCUT2D eigenvalue weighted by Crippen LogP contribution is -1.99. The first kappa shape index (κ1) is 12.7. The van der Waals surface area contributed by atoms with Crippen molar-refractivity contribution >= 4 is 28.3 Å². The van der Waals surface area contributed by atoms with Crippen LogP contribution in [-0.2, 0) is 16.1 Å². The minimum Gasteiger partial charge on any atom is -0.463 e. The number of hydrogen-bond donors (Lipinski definition) is 0. The molecule has 3 rings (SSSR count). The Morgan fingerprint density at radius 3 is 2.60 bits per heavy atom. The minimum atomic E-state index is 0.320. The Hall–Kier alpha value is -2.29. The van der Waals surface area contributed by atoms with Gasteiger partial charge in [-0.3, -0.25) is 4.79 Å². The number of carbonyl (C=O) groups excluding carboxylic acids is 1. The van der Waals surface area contributed by atoms with Gasteiger partial charge >= 0.3 is 0 Å². The van der Waals surface area contributed by atoms with E-state index in [1.807, 2.05) is 6.07 Å². The molecule has 0 fully saturated rings. The second kappa shape index (κ2) is 5.00. The highest BCUT2D eigenvalue weighted by atomic mass is 16.5. The number of rotatable bonds is 4. The highest BCUT2D eigenvalue weighted by molar-refractivity contribution is 6.08. The number of nitrogens with zero attached hydrogens (tertiary/aromatic N) is 1. The maximum absolute atomic E-state index is 10.3. The van der Waals surface area contributed by atoms with E-state index in [1.165, 1.54) is 21.8 Å². The van der Waals surface area contributed by atoms with Crippen LogP contribution < -0.4 is 0 Å². The van der Waals surface area contributed by atoms with Crippen molar-refractivity contribution in [1.82, 2.24) is 4.57 Å². The van der Waals surface area contributed by atoms with Gasteiger partial charge in [0.15, 0.2) is 0 Å². The molecule has 0 amide bonds. The SMILES string of the molecule is CC(C)n1c2ccccc2c2cc(COC=O)ccc21. The van der Waals surface area contributed by atoms with Gasteiger partial charge < -0.3 is 9.30 Å². The van der Waals surface area contributed by atoms with E-state index in [0.717, 1.165) is 5.56 Å². The predicted molar refractivity (Wildman–Crippen MR) is 80.7 cm³/mol. The van der Waals surface area contributed by atoms with Crippen molar-refractivity contribution in [3.05, 3.63) is 48.0 Å². The fraction of sp³-hybridized carbons (Fsp3) is 0.235. The Morgan fingerprint density at radius 1 is 1.10 bits per heavy atom. The largest absolute Gasteiger partial charge is 0.463 e. The van der Waals surface area contributed by atoms with E-state index in [0.29, 0.717) is 19.1 Å². The number of hydrogen-bond acceptors (Lipinski definition) is 2. The summed E-state index contributed by atoms with van der Waals surface area (Å²) in [4.78, 5) is 10.3. The van der Waals surface area contributed by atoms with E-state index in [1.54, 1.807) is 0 Å². The highest BCUT2D eigenvalue weighted by Crippen LogP contribution is 2.32. The number of aromatic nitrogens is 1. The standard InChI is InChI=1S/C17H17NO2/c1-12(2)18-16-6-4-3-5-14(16)15-9-13(10-20-11-19)7-8-17(15)18/h3-9,11-12H,10H2,1-2H3. The van der Waals surface area contributed by atoms with Crippen molar-refractivity contribution in [3.8, 4) is 0 Å². The molecule has 3 heteroatoms. The number of benzene rings is 2.